The molecule has 0 aliphatic rings. The predicted octanol–water partition coefficient (Wildman–Crippen LogP) is 1.38. The topological polar surface area (TPSA) is 42.7 Å². The van der Waals surface area contributed by atoms with E-state index in [2.05, 4.69) is 29.5 Å². The van der Waals surface area contributed by atoms with Gasteiger partial charge < -0.3 is 5.32 Å². The molecule has 0 fully saturated rings. The van der Waals surface area contributed by atoms with Crippen molar-refractivity contribution in [1.29, 1.82) is 0 Å². The van der Waals surface area contributed by atoms with Gasteiger partial charge in [0.25, 0.3) is 0 Å². The van der Waals surface area contributed by atoms with Crippen LogP contribution in [0.4, 0.5) is 0 Å². The zero-order valence-corrected chi connectivity index (χ0v) is 10.0. The van der Waals surface area contributed by atoms with Crippen molar-refractivity contribution >= 4 is 0 Å². The lowest BCUT2D eigenvalue weighted by Gasteiger charge is -2.13. The van der Waals surface area contributed by atoms with Crippen LogP contribution in [0.25, 0.3) is 0 Å². The highest BCUT2D eigenvalue weighted by molar-refractivity contribution is 4.93. The van der Waals surface area contributed by atoms with E-state index in [1.807, 2.05) is 13.2 Å². The SMILES string of the molecule is CCCNCC(CC)Cc1cn(C)nn1. The zero-order valence-electron chi connectivity index (χ0n) is 10.0. The summed E-state index contributed by atoms with van der Waals surface area (Å²) in [7, 11) is 1.91. The lowest BCUT2D eigenvalue weighted by atomic mass is 10.0. The molecule has 0 saturated heterocycles. The second-order valence-electron chi connectivity index (χ2n) is 4.07. The Labute approximate surface area is 92.1 Å². The standard InChI is InChI=1S/C11H22N4/c1-4-6-12-8-10(5-2)7-11-9-15(3)14-13-11/h9-10,12H,4-8H2,1-3H3. The largest absolute Gasteiger partial charge is 0.316 e. The van der Waals surface area contributed by atoms with Gasteiger partial charge in [-0.3, -0.25) is 4.68 Å². The van der Waals surface area contributed by atoms with Crippen molar-refractivity contribution < 1.29 is 0 Å². The third-order valence-corrected chi connectivity index (χ3v) is 2.59. The predicted molar refractivity (Wildman–Crippen MR) is 61.6 cm³/mol. The number of nitrogens with one attached hydrogen (secondary N) is 1. The average molecular weight is 210 g/mol. The van der Waals surface area contributed by atoms with E-state index in [1.165, 1.54) is 12.8 Å². The van der Waals surface area contributed by atoms with Gasteiger partial charge >= 0.3 is 0 Å². The van der Waals surface area contributed by atoms with Gasteiger partial charge in [-0.25, -0.2) is 0 Å². The molecule has 4 heteroatoms. The average Bonchev–Trinajstić information content (AvgIpc) is 2.63. The summed E-state index contributed by atoms with van der Waals surface area (Å²) in [6, 6.07) is 0. The van der Waals surface area contributed by atoms with E-state index in [9.17, 15) is 0 Å². The molecule has 0 bridgehead atoms. The second-order valence-corrected chi connectivity index (χ2v) is 4.07. The van der Waals surface area contributed by atoms with Crippen LogP contribution in [0, 0.1) is 5.92 Å². The minimum Gasteiger partial charge on any atom is -0.316 e. The Hall–Kier alpha value is -0.900. The third kappa shape index (κ3) is 4.42. The van der Waals surface area contributed by atoms with Crippen molar-refractivity contribution in [2.24, 2.45) is 13.0 Å². The van der Waals surface area contributed by atoms with Crippen LogP contribution < -0.4 is 5.32 Å². The highest BCUT2D eigenvalue weighted by Gasteiger charge is 2.09. The van der Waals surface area contributed by atoms with Gasteiger partial charge in [0, 0.05) is 13.2 Å². The molecule has 0 aliphatic carbocycles. The van der Waals surface area contributed by atoms with Gasteiger partial charge in [0.15, 0.2) is 0 Å². The second kappa shape index (κ2) is 6.56. The van der Waals surface area contributed by atoms with E-state index in [4.69, 9.17) is 0 Å². The quantitative estimate of drug-likeness (QED) is 0.691. The highest BCUT2D eigenvalue weighted by Crippen LogP contribution is 2.08. The van der Waals surface area contributed by atoms with E-state index in [0.29, 0.717) is 5.92 Å². The van der Waals surface area contributed by atoms with Gasteiger partial charge in [-0.05, 0) is 31.8 Å². The summed E-state index contributed by atoms with van der Waals surface area (Å²) in [6.45, 7) is 6.61. The van der Waals surface area contributed by atoms with Crippen molar-refractivity contribution in [2.45, 2.75) is 33.1 Å². The molecule has 0 saturated carbocycles. The fourth-order valence-electron chi connectivity index (χ4n) is 1.63. The van der Waals surface area contributed by atoms with Gasteiger partial charge in [-0.2, -0.15) is 0 Å². The van der Waals surface area contributed by atoms with E-state index >= 15 is 0 Å². The Balaban J connectivity index is 2.33. The van der Waals surface area contributed by atoms with Crippen LogP contribution in [-0.2, 0) is 13.5 Å². The van der Waals surface area contributed by atoms with E-state index in [-0.39, 0.29) is 0 Å². The van der Waals surface area contributed by atoms with Crippen LogP contribution in [0.2, 0.25) is 0 Å². The maximum atomic E-state index is 4.12. The minimum absolute atomic E-state index is 0.674. The number of aromatic nitrogens is 3. The van der Waals surface area contributed by atoms with Crippen molar-refractivity contribution in [3.63, 3.8) is 0 Å². The van der Waals surface area contributed by atoms with Crippen molar-refractivity contribution in [1.82, 2.24) is 20.3 Å². The first-order valence-electron chi connectivity index (χ1n) is 5.82. The van der Waals surface area contributed by atoms with E-state index in [1.54, 1.807) is 4.68 Å². The van der Waals surface area contributed by atoms with Crippen molar-refractivity contribution in [3.05, 3.63) is 11.9 Å². The number of hydrogen-bond donors (Lipinski definition) is 1. The molecule has 0 aromatic carbocycles. The Morgan fingerprint density at radius 3 is 2.80 bits per heavy atom. The first kappa shape index (κ1) is 12.2. The molecule has 1 aromatic rings. The monoisotopic (exact) mass is 210 g/mol. The molecule has 0 radical (unpaired) electrons. The summed E-state index contributed by atoms with van der Waals surface area (Å²) in [5, 5.41) is 11.5. The van der Waals surface area contributed by atoms with Gasteiger partial charge in [0.2, 0.25) is 0 Å². The third-order valence-electron chi connectivity index (χ3n) is 2.59. The Morgan fingerprint density at radius 1 is 1.47 bits per heavy atom. The fourth-order valence-corrected chi connectivity index (χ4v) is 1.63. The molecule has 0 spiro atoms. The minimum atomic E-state index is 0.674. The molecule has 1 heterocycles. The van der Waals surface area contributed by atoms with Crippen LogP contribution in [0.3, 0.4) is 0 Å². The van der Waals surface area contributed by atoms with Crippen molar-refractivity contribution in [3.8, 4) is 0 Å². The fraction of sp³-hybridized carbons (Fsp3) is 0.818. The summed E-state index contributed by atoms with van der Waals surface area (Å²) in [5.41, 5.74) is 1.10. The molecule has 86 valence electrons. The van der Waals surface area contributed by atoms with Crippen LogP contribution in [0.15, 0.2) is 6.20 Å². The number of nitrogens with zero attached hydrogens (tertiary/aromatic N) is 3. The van der Waals surface area contributed by atoms with Crippen LogP contribution in [0.5, 0.6) is 0 Å². The number of hydrogen-bond acceptors (Lipinski definition) is 3. The lowest BCUT2D eigenvalue weighted by molar-refractivity contribution is 0.456. The van der Waals surface area contributed by atoms with Gasteiger partial charge in [0.1, 0.15) is 0 Å². The lowest BCUT2D eigenvalue weighted by Crippen LogP contribution is -2.24. The summed E-state index contributed by atoms with van der Waals surface area (Å²) in [6.07, 6.45) is 5.42. The molecule has 1 N–H and O–H groups in total. The molecule has 1 unspecified atom stereocenters. The van der Waals surface area contributed by atoms with E-state index < -0.39 is 0 Å². The summed E-state index contributed by atoms with van der Waals surface area (Å²) < 4.78 is 1.77. The first-order chi connectivity index (χ1) is 7.26. The molecular formula is C11H22N4. The van der Waals surface area contributed by atoms with Crippen molar-refractivity contribution in [2.75, 3.05) is 13.1 Å². The normalized spacial score (nSPS) is 13.0. The Bertz CT molecular complexity index is 269. The molecule has 1 rings (SSSR count). The van der Waals surface area contributed by atoms with Gasteiger partial charge in [-0.15, -0.1) is 5.10 Å². The Morgan fingerprint density at radius 2 is 2.27 bits per heavy atom. The first-order valence-corrected chi connectivity index (χ1v) is 5.82. The number of aryl methyl sites for hydroxylation is 1. The summed E-state index contributed by atoms with van der Waals surface area (Å²) >= 11 is 0. The Kier molecular flexibility index (Phi) is 5.32. The smallest absolute Gasteiger partial charge is 0.0830 e. The van der Waals surface area contributed by atoms with Gasteiger partial charge in [-0.1, -0.05) is 25.5 Å². The summed E-state index contributed by atoms with van der Waals surface area (Å²) in [5.74, 6) is 0.674. The molecule has 4 nitrogen and oxygen atoms in total. The molecule has 1 aromatic heterocycles. The van der Waals surface area contributed by atoms with Crippen LogP contribution in [0.1, 0.15) is 32.4 Å². The van der Waals surface area contributed by atoms with Crippen LogP contribution >= 0.6 is 0 Å². The molecule has 1 atom stereocenters. The molecule has 0 amide bonds. The van der Waals surface area contributed by atoms with Crippen LogP contribution in [-0.4, -0.2) is 28.1 Å². The molecular weight excluding hydrogens is 188 g/mol. The maximum Gasteiger partial charge on any atom is 0.0830 e. The highest BCUT2D eigenvalue weighted by atomic mass is 15.4. The maximum absolute atomic E-state index is 4.12. The molecule has 15 heavy (non-hydrogen) atoms. The van der Waals surface area contributed by atoms with E-state index in [0.717, 1.165) is 25.2 Å². The zero-order chi connectivity index (χ0) is 11.1. The van der Waals surface area contributed by atoms with Gasteiger partial charge in [0.05, 0.1) is 5.69 Å². The number of rotatable bonds is 7. The molecule has 0 aliphatic heterocycles. The summed E-state index contributed by atoms with van der Waals surface area (Å²) in [4.78, 5) is 0.